The number of aliphatic carboxylic acids is 1. The molecule has 0 saturated heterocycles. The Labute approximate surface area is 170 Å². The minimum absolute atomic E-state index is 0.0920. The van der Waals surface area contributed by atoms with Crippen LogP contribution in [0.5, 0.6) is 0 Å². The number of unbranched alkanes of at least 4 members (excludes halogenated alkanes) is 3. The normalized spacial score (nSPS) is 27.0. The molecule has 0 aliphatic heterocycles. The summed E-state index contributed by atoms with van der Waals surface area (Å²) in [5, 5.41) is 8.78. The van der Waals surface area contributed by atoms with E-state index in [0.29, 0.717) is 12.3 Å². The predicted molar refractivity (Wildman–Crippen MR) is 111 cm³/mol. The van der Waals surface area contributed by atoms with Crippen molar-refractivity contribution in [2.75, 3.05) is 14.2 Å². The number of carboxylic acids is 1. The lowest BCUT2D eigenvalue weighted by atomic mass is 9.90. The molecule has 0 spiro atoms. The fraction of sp³-hybridized carbons (Fsp3) is 0.773. The zero-order chi connectivity index (χ0) is 20.1. The topological polar surface area (TPSA) is 55.8 Å². The molecule has 1 rings (SSSR count). The summed E-state index contributed by atoms with van der Waals surface area (Å²) in [6.45, 7) is 2.21. The Hall–Kier alpha value is -0.840. The van der Waals surface area contributed by atoms with Crippen molar-refractivity contribution in [3.05, 3.63) is 24.3 Å². The molecule has 1 aliphatic rings. The summed E-state index contributed by atoms with van der Waals surface area (Å²) >= 11 is 6.62. The van der Waals surface area contributed by atoms with Crippen molar-refractivity contribution in [2.45, 2.75) is 82.3 Å². The molecule has 1 fully saturated rings. The summed E-state index contributed by atoms with van der Waals surface area (Å²) in [5.41, 5.74) is 0. The van der Waals surface area contributed by atoms with Gasteiger partial charge in [0.25, 0.3) is 0 Å². The number of hydrogen-bond acceptors (Lipinski definition) is 3. The van der Waals surface area contributed by atoms with Crippen molar-refractivity contribution in [2.24, 2.45) is 11.8 Å². The van der Waals surface area contributed by atoms with Gasteiger partial charge in [0.2, 0.25) is 0 Å². The lowest BCUT2D eigenvalue weighted by molar-refractivity contribution is -0.137. The molecule has 1 saturated carbocycles. The van der Waals surface area contributed by atoms with Crippen molar-refractivity contribution < 1.29 is 19.4 Å². The third kappa shape index (κ3) is 9.27. The molecule has 0 aromatic rings. The maximum atomic E-state index is 10.6. The van der Waals surface area contributed by atoms with Gasteiger partial charge in [-0.05, 0) is 38.0 Å². The van der Waals surface area contributed by atoms with Crippen molar-refractivity contribution in [3.8, 4) is 0 Å². The number of hydrogen-bond donors (Lipinski definition) is 1. The van der Waals surface area contributed by atoms with E-state index in [1.807, 2.05) is 0 Å². The van der Waals surface area contributed by atoms with Crippen LogP contribution in [0.4, 0.5) is 0 Å². The monoisotopic (exact) mass is 400 g/mol. The molecule has 1 aliphatic carbocycles. The number of alkyl halides is 1. The fourth-order valence-electron chi connectivity index (χ4n) is 3.78. The van der Waals surface area contributed by atoms with Gasteiger partial charge >= 0.3 is 5.97 Å². The quantitative estimate of drug-likeness (QED) is 0.234. The number of methoxy groups -OCH3 is 2. The summed E-state index contributed by atoms with van der Waals surface area (Å²) in [6.07, 6.45) is 17.1. The summed E-state index contributed by atoms with van der Waals surface area (Å²) < 4.78 is 11.3. The molecule has 0 aromatic heterocycles. The highest BCUT2D eigenvalue weighted by Gasteiger charge is 2.40. The number of halogens is 1. The summed E-state index contributed by atoms with van der Waals surface area (Å²) in [5.74, 6) is -0.124. The van der Waals surface area contributed by atoms with E-state index >= 15 is 0 Å². The summed E-state index contributed by atoms with van der Waals surface area (Å²) in [4.78, 5) is 10.6. The fourth-order valence-corrected chi connectivity index (χ4v) is 4.22. The van der Waals surface area contributed by atoms with Crippen LogP contribution in [-0.4, -0.2) is 42.9 Å². The lowest BCUT2D eigenvalue weighted by Crippen LogP contribution is -2.21. The van der Waals surface area contributed by atoms with E-state index in [4.69, 9.17) is 26.2 Å². The molecule has 27 heavy (non-hydrogen) atoms. The molecule has 1 N–H and O–H groups in total. The molecule has 0 bridgehead atoms. The average Bonchev–Trinajstić information content (AvgIpc) is 2.95. The van der Waals surface area contributed by atoms with Gasteiger partial charge in [0, 0.05) is 31.9 Å². The SMILES string of the molecule is CCCCC[C@@H](/C=C/[C@@H]1[C@@H](C/C=C\CCCC(=O)O)[C@H](Cl)C[C@H]1OC)OC. The van der Waals surface area contributed by atoms with Gasteiger partial charge in [0.15, 0.2) is 0 Å². The lowest BCUT2D eigenvalue weighted by Gasteiger charge is -2.22. The highest BCUT2D eigenvalue weighted by Crippen LogP contribution is 2.41. The number of carboxylic acid groups (broad SMARTS) is 1. The second kappa shape index (κ2) is 14.2. The predicted octanol–water partition coefficient (Wildman–Crippen LogP) is 5.60. The minimum atomic E-state index is -0.736. The van der Waals surface area contributed by atoms with E-state index in [-0.39, 0.29) is 29.9 Å². The molecule has 0 amide bonds. The molecule has 0 aromatic carbocycles. The second-order valence-electron chi connectivity index (χ2n) is 7.41. The number of allylic oxidation sites excluding steroid dienone is 2. The first-order valence-electron chi connectivity index (χ1n) is 10.3. The highest BCUT2D eigenvalue weighted by molar-refractivity contribution is 6.21. The van der Waals surface area contributed by atoms with Gasteiger partial charge in [0.05, 0.1) is 12.2 Å². The Morgan fingerprint density at radius 3 is 2.67 bits per heavy atom. The van der Waals surface area contributed by atoms with Gasteiger partial charge < -0.3 is 14.6 Å². The molecule has 0 unspecified atom stereocenters. The van der Waals surface area contributed by atoms with Crippen LogP contribution >= 0.6 is 11.6 Å². The second-order valence-corrected chi connectivity index (χ2v) is 7.98. The van der Waals surface area contributed by atoms with E-state index in [0.717, 1.165) is 25.7 Å². The molecule has 4 nitrogen and oxygen atoms in total. The average molecular weight is 401 g/mol. The number of ether oxygens (including phenoxy) is 2. The molecule has 5 atom stereocenters. The van der Waals surface area contributed by atoms with Gasteiger partial charge in [-0.2, -0.15) is 0 Å². The van der Waals surface area contributed by atoms with Crippen LogP contribution < -0.4 is 0 Å². The van der Waals surface area contributed by atoms with Gasteiger partial charge in [-0.25, -0.2) is 0 Å². The molecule has 5 heteroatoms. The van der Waals surface area contributed by atoms with Crippen LogP contribution in [-0.2, 0) is 14.3 Å². The summed E-state index contributed by atoms with van der Waals surface area (Å²) in [7, 11) is 3.53. The van der Waals surface area contributed by atoms with E-state index in [1.54, 1.807) is 14.2 Å². The van der Waals surface area contributed by atoms with Crippen LogP contribution in [0.2, 0.25) is 0 Å². The third-order valence-electron chi connectivity index (χ3n) is 5.43. The largest absolute Gasteiger partial charge is 0.481 e. The van der Waals surface area contributed by atoms with E-state index in [1.165, 1.54) is 19.3 Å². The molecule has 0 radical (unpaired) electrons. The van der Waals surface area contributed by atoms with Crippen LogP contribution in [0.15, 0.2) is 24.3 Å². The van der Waals surface area contributed by atoms with Crippen LogP contribution in [0.3, 0.4) is 0 Å². The third-order valence-corrected chi connectivity index (χ3v) is 5.93. The van der Waals surface area contributed by atoms with Crippen LogP contribution in [0.25, 0.3) is 0 Å². The molecular weight excluding hydrogens is 364 g/mol. The zero-order valence-electron chi connectivity index (χ0n) is 17.1. The van der Waals surface area contributed by atoms with Gasteiger partial charge in [0.1, 0.15) is 0 Å². The Bertz CT molecular complexity index is 463. The Kier molecular flexibility index (Phi) is 12.7. The minimum Gasteiger partial charge on any atom is -0.481 e. The van der Waals surface area contributed by atoms with Crippen LogP contribution in [0, 0.1) is 11.8 Å². The highest BCUT2D eigenvalue weighted by atomic mass is 35.5. The molecular formula is C22H37ClO4. The van der Waals surface area contributed by atoms with E-state index in [2.05, 4.69) is 31.2 Å². The Morgan fingerprint density at radius 1 is 1.26 bits per heavy atom. The first-order chi connectivity index (χ1) is 13.0. The first-order valence-corrected chi connectivity index (χ1v) is 10.7. The smallest absolute Gasteiger partial charge is 0.303 e. The Morgan fingerprint density at radius 2 is 2.04 bits per heavy atom. The Balaban J connectivity index is 2.61. The van der Waals surface area contributed by atoms with Crippen molar-refractivity contribution in [3.63, 3.8) is 0 Å². The summed E-state index contributed by atoms with van der Waals surface area (Å²) in [6, 6.07) is 0. The first kappa shape index (κ1) is 24.2. The molecule has 0 heterocycles. The van der Waals surface area contributed by atoms with Gasteiger partial charge in [-0.1, -0.05) is 50.5 Å². The van der Waals surface area contributed by atoms with Gasteiger partial charge in [-0.15, -0.1) is 11.6 Å². The van der Waals surface area contributed by atoms with Crippen molar-refractivity contribution >= 4 is 17.6 Å². The standard InChI is InChI=1S/C22H37ClO4/c1-4-5-8-11-17(26-2)14-15-19-18(20(23)16-21(19)27-3)12-9-6-7-10-13-22(24)25/h6,9,14-15,17-21H,4-5,7-8,10-13,16H2,1-3H3,(H,24,25)/b9-6-,15-14+/t17-,18+,19+,20+,21+/m0/s1. The number of rotatable bonds is 14. The molecule has 156 valence electrons. The maximum Gasteiger partial charge on any atom is 0.303 e. The van der Waals surface area contributed by atoms with E-state index in [9.17, 15) is 4.79 Å². The van der Waals surface area contributed by atoms with Crippen molar-refractivity contribution in [1.82, 2.24) is 0 Å². The number of carbonyl (C=O) groups is 1. The van der Waals surface area contributed by atoms with Crippen molar-refractivity contribution in [1.29, 1.82) is 0 Å². The van der Waals surface area contributed by atoms with E-state index < -0.39 is 5.97 Å². The van der Waals surface area contributed by atoms with Gasteiger partial charge in [-0.3, -0.25) is 4.79 Å². The van der Waals surface area contributed by atoms with Crippen LogP contribution in [0.1, 0.15) is 64.7 Å². The zero-order valence-corrected chi connectivity index (χ0v) is 17.9. The maximum absolute atomic E-state index is 10.6.